The molecule has 0 spiro atoms. The summed E-state index contributed by atoms with van der Waals surface area (Å²) in [6.07, 6.45) is 40.9. The van der Waals surface area contributed by atoms with Gasteiger partial charge in [0.05, 0.1) is 0 Å². The Morgan fingerprint density at radius 1 is 0.559 bits per heavy atom. The van der Waals surface area contributed by atoms with E-state index in [1.807, 2.05) is 0 Å². The van der Waals surface area contributed by atoms with E-state index < -0.39 is 0 Å². The summed E-state index contributed by atoms with van der Waals surface area (Å²) in [5.74, 6) is 0. The Balaban J connectivity index is 1.23. The highest BCUT2D eigenvalue weighted by molar-refractivity contribution is 7.59. The number of allylic oxidation sites excluding steroid dienone is 3. The molecule has 0 saturated heterocycles. The van der Waals surface area contributed by atoms with E-state index in [-0.39, 0.29) is 15.8 Å². The highest BCUT2D eigenvalue weighted by atomic mass is 31.1. The molecule has 5 rings (SSSR count). The van der Waals surface area contributed by atoms with Crippen LogP contribution < -0.4 is 5.32 Å². The molecule has 0 aromatic heterocycles. The number of hydrogen-bond acceptors (Lipinski definition) is 1. The molecule has 1 nitrogen and oxygen atoms in total. The van der Waals surface area contributed by atoms with E-state index >= 15 is 0 Å². The van der Waals surface area contributed by atoms with Gasteiger partial charge in [0.25, 0.3) is 0 Å². The van der Waals surface area contributed by atoms with Crippen LogP contribution in [0.4, 0.5) is 0 Å². The van der Waals surface area contributed by atoms with Crippen molar-refractivity contribution in [2.24, 2.45) is 0 Å². The summed E-state index contributed by atoms with van der Waals surface area (Å²) >= 11 is 0. The maximum Gasteiger partial charge on any atom is 0.0484 e. The van der Waals surface area contributed by atoms with Gasteiger partial charge in [-0.15, -0.1) is 0 Å². The first-order valence-electron chi connectivity index (χ1n) is 15.5. The van der Waals surface area contributed by atoms with Crippen molar-refractivity contribution < 1.29 is 0 Å². The van der Waals surface area contributed by atoms with Gasteiger partial charge < -0.3 is 5.32 Å². The Bertz CT molecular complexity index is 612. The summed E-state index contributed by atoms with van der Waals surface area (Å²) < 4.78 is 0. The average molecular weight is 502 g/mol. The Morgan fingerprint density at radius 3 is 1.41 bits per heavy atom. The van der Waals surface area contributed by atoms with Gasteiger partial charge in [0.15, 0.2) is 0 Å². The molecule has 3 heteroatoms. The maximum absolute atomic E-state index is 4.18. The third kappa shape index (κ3) is 7.12. The van der Waals surface area contributed by atoms with Gasteiger partial charge in [-0.2, -0.15) is 0 Å². The number of hydrogen-bond donors (Lipinski definition) is 1. The molecule has 5 aliphatic rings. The summed E-state index contributed by atoms with van der Waals surface area (Å²) in [6, 6.07) is 0.629. The zero-order chi connectivity index (χ0) is 23.0. The average Bonchev–Trinajstić information content (AvgIpc) is 2.92. The Labute approximate surface area is 214 Å². The standard InChI is InChI=1S/C31H53NP2/c1-5-16-28(17-6-1)33(29-18-7-2-8-19-29)24-26-14-13-15-27(32-26)25-34(30-20-9-3-10-21-30)31-22-11-4-12-23-31/h13-15,26,28-32H,1-12,16-25H2. The van der Waals surface area contributed by atoms with Gasteiger partial charge in [0, 0.05) is 17.9 Å². The number of nitrogens with one attached hydrogen (secondary N) is 1. The van der Waals surface area contributed by atoms with Crippen LogP contribution in [-0.2, 0) is 0 Å². The minimum Gasteiger partial charge on any atom is -0.381 e. The van der Waals surface area contributed by atoms with E-state index in [0.29, 0.717) is 6.04 Å². The topological polar surface area (TPSA) is 12.0 Å². The third-order valence-corrected chi connectivity index (χ3v) is 17.3. The van der Waals surface area contributed by atoms with Gasteiger partial charge in [-0.3, -0.25) is 0 Å². The van der Waals surface area contributed by atoms with Gasteiger partial charge in [-0.1, -0.05) is 105 Å². The predicted molar refractivity (Wildman–Crippen MR) is 155 cm³/mol. The molecule has 0 bridgehead atoms. The maximum atomic E-state index is 4.18. The van der Waals surface area contributed by atoms with Gasteiger partial charge in [-0.05, 0) is 86.2 Å². The van der Waals surface area contributed by atoms with Crippen molar-refractivity contribution in [3.63, 3.8) is 0 Å². The van der Waals surface area contributed by atoms with Crippen LogP contribution in [0.1, 0.15) is 128 Å². The summed E-state index contributed by atoms with van der Waals surface area (Å²) in [7, 11) is 0.338. The highest BCUT2D eigenvalue weighted by Crippen LogP contribution is 2.58. The molecule has 4 saturated carbocycles. The van der Waals surface area contributed by atoms with E-state index in [9.17, 15) is 0 Å². The first-order valence-corrected chi connectivity index (χ1v) is 18.9. The van der Waals surface area contributed by atoms with Crippen LogP contribution in [0.2, 0.25) is 0 Å². The van der Waals surface area contributed by atoms with Gasteiger partial charge in [-0.25, -0.2) is 0 Å². The first-order chi connectivity index (χ1) is 16.9. The Hall–Kier alpha value is 0.140. The Kier molecular flexibility index (Phi) is 10.3. The summed E-state index contributed by atoms with van der Waals surface area (Å²) in [5, 5.41) is 4.18. The molecule has 4 aliphatic carbocycles. The van der Waals surface area contributed by atoms with Crippen molar-refractivity contribution >= 4 is 15.8 Å². The fourth-order valence-corrected chi connectivity index (χ4v) is 15.7. The monoisotopic (exact) mass is 501 g/mol. The summed E-state index contributed by atoms with van der Waals surface area (Å²) in [4.78, 5) is 0. The van der Waals surface area contributed by atoms with Crippen LogP contribution in [0.3, 0.4) is 0 Å². The van der Waals surface area contributed by atoms with E-state index in [4.69, 9.17) is 0 Å². The second kappa shape index (κ2) is 13.6. The lowest BCUT2D eigenvalue weighted by atomic mass is 9.99. The van der Waals surface area contributed by atoms with Crippen molar-refractivity contribution in [3.8, 4) is 0 Å². The minimum absolute atomic E-state index is 0.157. The molecule has 192 valence electrons. The van der Waals surface area contributed by atoms with E-state index in [1.165, 1.54) is 89.4 Å². The molecule has 4 fully saturated rings. The van der Waals surface area contributed by atoms with E-state index in [0.717, 1.165) is 22.6 Å². The zero-order valence-electron chi connectivity index (χ0n) is 22.1. The quantitative estimate of drug-likeness (QED) is 0.326. The molecule has 0 aromatic carbocycles. The lowest BCUT2D eigenvalue weighted by Crippen LogP contribution is -2.36. The molecule has 1 N–H and O–H groups in total. The highest BCUT2D eigenvalue weighted by Gasteiger charge is 2.34. The molecule has 1 atom stereocenters. The van der Waals surface area contributed by atoms with Crippen molar-refractivity contribution in [2.45, 2.75) is 157 Å². The van der Waals surface area contributed by atoms with Crippen molar-refractivity contribution in [1.82, 2.24) is 5.32 Å². The normalized spacial score (nSPS) is 28.9. The molecular weight excluding hydrogens is 448 g/mol. The number of rotatable bonds is 8. The van der Waals surface area contributed by atoms with E-state index in [2.05, 4.69) is 23.5 Å². The minimum atomic E-state index is 0.157. The van der Waals surface area contributed by atoms with Crippen LogP contribution in [0, 0.1) is 0 Å². The molecule has 1 unspecified atom stereocenters. The summed E-state index contributed by atoms with van der Waals surface area (Å²) in [6.45, 7) is 0. The lowest BCUT2D eigenvalue weighted by Gasteiger charge is -2.42. The van der Waals surface area contributed by atoms with Gasteiger partial charge in [0.2, 0.25) is 0 Å². The van der Waals surface area contributed by atoms with Crippen LogP contribution in [0.15, 0.2) is 23.9 Å². The largest absolute Gasteiger partial charge is 0.381 e. The molecule has 34 heavy (non-hydrogen) atoms. The smallest absolute Gasteiger partial charge is 0.0484 e. The zero-order valence-corrected chi connectivity index (χ0v) is 23.9. The SMILES string of the molecule is C1=CC(CP(C2CCCCC2)C2CCCCC2)NC(CP(C2CCCCC2)C2CCCCC2)=C1. The second-order valence-corrected chi connectivity index (χ2v) is 18.0. The fraction of sp³-hybridized carbons (Fsp3) is 0.871. The number of dihydropyridines is 1. The molecule has 1 aliphatic heterocycles. The van der Waals surface area contributed by atoms with Crippen molar-refractivity contribution in [2.75, 3.05) is 12.3 Å². The molecule has 1 heterocycles. The second-order valence-electron chi connectivity index (χ2n) is 12.4. The molecule has 0 aromatic rings. The van der Waals surface area contributed by atoms with Crippen LogP contribution in [0.25, 0.3) is 0 Å². The summed E-state index contributed by atoms with van der Waals surface area (Å²) in [5.41, 5.74) is 5.94. The molecule has 0 radical (unpaired) electrons. The lowest BCUT2D eigenvalue weighted by molar-refractivity contribution is 0.482. The fourth-order valence-electron chi connectivity index (χ4n) is 8.07. The van der Waals surface area contributed by atoms with Gasteiger partial charge >= 0.3 is 0 Å². The van der Waals surface area contributed by atoms with Crippen molar-refractivity contribution in [3.05, 3.63) is 23.9 Å². The van der Waals surface area contributed by atoms with Crippen LogP contribution >= 0.6 is 15.8 Å². The first kappa shape index (κ1) is 25.8. The van der Waals surface area contributed by atoms with E-state index in [1.54, 1.807) is 57.1 Å². The molecular formula is C31H53NP2. The predicted octanol–water partition coefficient (Wildman–Crippen LogP) is 9.69. The van der Waals surface area contributed by atoms with Crippen LogP contribution in [-0.4, -0.2) is 41.0 Å². The van der Waals surface area contributed by atoms with Gasteiger partial charge in [0.1, 0.15) is 0 Å². The van der Waals surface area contributed by atoms with Crippen molar-refractivity contribution in [1.29, 1.82) is 0 Å². The third-order valence-electron chi connectivity index (χ3n) is 9.95. The molecule has 0 amide bonds. The van der Waals surface area contributed by atoms with Crippen LogP contribution in [0.5, 0.6) is 0 Å². The Morgan fingerprint density at radius 2 is 0.971 bits per heavy atom.